The second kappa shape index (κ2) is 13.9. The lowest BCUT2D eigenvalue weighted by Gasteiger charge is -2.13. The maximum Gasteiger partial charge on any atom is 0.0780 e. The van der Waals surface area contributed by atoms with E-state index in [4.69, 9.17) is 15.2 Å². The van der Waals surface area contributed by atoms with Gasteiger partial charge >= 0.3 is 0 Å². The summed E-state index contributed by atoms with van der Waals surface area (Å²) in [7, 11) is 0. The number of unbranched alkanes of at least 4 members (excludes halogenated alkanes) is 5. The Hall–Kier alpha value is -0.120. The molecular formula is C14H31NO2. The highest BCUT2D eigenvalue weighted by molar-refractivity contribution is 4.49. The predicted octanol–water partition coefficient (Wildman–Crippen LogP) is 3.12. The van der Waals surface area contributed by atoms with Gasteiger partial charge in [0.2, 0.25) is 0 Å². The molecule has 2 N–H and O–H groups in total. The van der Waals surface area contributed by atoms with Crippen LogP contribution < -0.4 is 5.73 Å². The Morgan fingerprint density at radius 1 is 0.941 bits per heavy atom. The number of rotatable bonds is 13. The molecule has 0 aliphatic rings. The summed E-state index contributed by atoms with van der Waals surface area (Å²) in [6.45, 7) is 7.33. The fourth-order valence-corrected chi connectivity index (χ4v) is 1.65. The van der Waals surface area contributed by atoms with Gasteiger partial charge in [0.05, 0.1) is 12.7 Å². The third-order valence-corrected chi connectivity index (χ3v) is 2.75. The van der Waals surface area contributed by atoms with Gasteiger partial charge in [-0.1, -0.05) is 39.0 Å². The van der Waals surface area contributed by atoms with Crippen LogP contribution in [0.25, 0.3) is 0 Å². The van der Waals surface area contributed by atoms with Crippen LogP contribution in [0.15, 0.2) is 0 Å². The molecule has 104 valence electrons. The maximum atomic E-state index is 5.58. The van der Waals surface area contributed by atoms with E-state index in [-0.39, 0.29) is 6.10 Å². The lowest BCUT2D eigenvalue weighted by atomic mass is 10.1. The van der Waals surface area contributed by atoms with Crippen molar-refractivity contribution in [2.75, 3.05) is 26.4 Å². The number of hydrogen-bond acceptors (Lipinski definition) is 3. The zero-order valence-corrected chi connectivity index (χ0v) is 11.7. The first kappa shape index (κ1) is 16.9. The smallest absolute Gasteiger partial charge is 0.0780 e. The minimum atomic E-state index is 0.196. The first-order valence-corrected chi connectivity index (χ1v) is 7.20. The third kappa shape index (κ3) is 13.8. The first-order chi connectivity index (χ1) is 8.31. The van der Waals surface area contributed by atoms with Crippen LogP contribution in [0.1, 0.15) is 58.8 Å². The van der Waals surface area contributed by atoms with Crippen LogP contribution >= 0.6 is 0 Å². The van der Waals surface area contributed by atoms with Crippen molar-refractivity contribution < 1.29 is 9.47 Å². The third-order valence-electron chi connectivity index (χ3n) is 2.75. The molecule has 0 aromatic rings. The van der Waals surface area contributed by atoms with Crippen LogP contribution in [-0.2, 0) is 9.47 Å². The van der Waals surface area contributed by atoms with Gasteiger partial charge in [0.15, 0.2) is 0 Å². The van der Waals surface area contributed by atoms with Crippen molar-refractivity contribution in [3.05, 3.63) is 0 Å². The Morgan fingerprint density at radius 3 is 2.35 bits per heavy atom. The Kier molecular flexibility index (Phi) is 13.8. The van der Waals surface area contributed by atoms with Crippen molar-refractivity contribution in [1.29, 1.82) is 0 Å². The van der Waals surface area contributed by atoms with Crippen LogP contribution in [0.3, 0.4) is 0 Å². The molecule has 1 atom stereocenters. The molecule has 3 heteroatoms. The Morgan fingerprint density at radius 2 is 1.65 bits per heavy atom. The SMILES string of the molecule is CCCCCCCCOCC(C)OCCCN. The van der Waals surface area contributed by atoms with Gasteiger partial charge in [-0.25, -0.2) is 0 Å². The number of ether oxygens (including phenoxy) is 2. The largest absolute Gasteiger partial charge is 0.379 e. The van der Waals surface area contributed by atoms with E-state index >= 15 is 0 Å². The van der Waals surface area contributed by atoms with Crippen molar-refractivity contribution >= 4 is 0 Å². The van der Waals surface area contributed by atoms with Crippen molar-refractivity contribution in [2.45, 2.75) is 64.9 Å². The molecule has 0 fully saturated rings. The van der Waals surface area contributed by atoms with Gasteiger partial charge in [0.25, 0.3) is 0 Å². The molecule has 0 radical (unpaired) electrons. The maximum absolute atomic E-state index is 5.58. The van der Waals surface area contributed by atoms with Gasteiger partial charge < -0.3 is 15.2 Å². The molecule has 0 saturated carbocycles. The molecule has 0 aliphatic carbocycles. The molecule has 0 heterocycles. The van der Waals surface area contributed by atoms with Gasteiger partial charge in [-0.05, 0) is 26.3 Å². The molecule has 0 spiro atoms. The van der Waals surface area contributed by atoms with Gasteiger partial charge in [0.1, 0.15) is 0 Å². The van der Waals surface area contributed by atoms with Crippen LogP contribution in [0.4, 0.5) is 0 Å². The van der Waals surface area contributed by atoms with Crippen LogP contribution in [-0.4, -0.2) is 32.5 Å². The van der Waals surface area contributed by atoms with Crippen LogP contribution in [0, 0.1) is 0 Å². The zero-order valence-electron chi connectivity index (χ0n) is 11.7. The van der Waals surface area contributed by atoms with E-state index in [9.17, 15) is 0 Å². The minimum absolute atomic E-state index is 0.196. The summed E-state index contributed by atoms with van der Waals surface area (Å²) >= 11 is 0. The summed E-state index contributed by atoms with van der Waals surface area (Å²) in [6, 6.07) is 0. The zero-order chi connectivity index (χ0) is 12.8. The first-order valence-electron chi connectivity index (χ1n) is 7.20. The average molecular weight is 245 g/mol. The van der Waals surface area contributed by atoms with E-state index in [1.165, 1.54) is 38.5 Å². The van der Waals surface area contributed by atoms with Crippen molar-refractivity contribution in [1.82, 2.24) is 0 Å². The quantitative estimate of drug-likeness (QED) is 0.507. The van der Waals surface area contributed by atoms with E-state index in [2.05, 4.69) is 13.8 Å². The summed E-state index contributed by atoms with van der Waals surface area (Å²) in [4.78, 5) is 0. The topological polar surface area (TPSA) is 44.5 Å². The summed E-state index contributed by atoms with van der Waals surface area (Å²) in [5.74, 6) is 0. The molecular weight excluding hydrogens is 214 g/mol. The average Bonchev–Trinajstić information content (AvgIpc) is 2.33. The standard InChI is InChI=1S/C14H31NO2/c1-3-4-5-6-7-8-11-16-13-14(2)17-12-9-10-15/h14H,3-13,15H2,1-2H3. The molecule has 0 aromatic heterocycles. The van der Waals surface area contributed by atoms with Crippen molar-refractivity contribution in [3.63, 3.8) is 0 Å². The number of hydrogen-bond donors (Lipinski definition) is 1. The second-order valence-electron chi connectivity index (χ2n) is 4.67. The van der Waals surface area contributed by atoms with Crippen LogP contribution in [0.5, 0.6) is 0 Å². The predicted molar refractivity (Wildman–Crippen MR) is 73.3 cm³/mol. The summed E-state index contributed by atoms with van der Waals surface area (Å²) in [6.07, 6.45) is 9.00. The monoisotopic (exact) mass is 245 g/mol. The molecule has 3 nitrogen and oxygen atoms in total. The lowest BCUT2D eigenvalue weighted by Crippen LogP contribution is -2.18. The Balaban J connectivity index is 3.05. The second-order valence-corrected chi connectivity index (χ2v) is 4.67. The van der Waals surface area contributed by atoms with E-state index in [1.54, 1.807) is 0 Å². The number of nitrogens with two attached hydrogens (primary N) is 1. The van der Waals surface area contributed by atoms with Gasteiger partial charge in [-0.15, -0.1) is 0 Å². The van der Waals surface area contributed by atoms with Crippen molar-refractivity contribution in [2.24, 2.45) is 5.73 Å². The van der Waals surface area contributed by atoms with E-state index in [0.717, 1.165) is 19.6 Å². The van der Waals surface area contributed by atoms with E-state index in [0.29, 0.717) is 13.2 Å². The van der Waals surface area contributed by atoms with E-state index < -0.39 is 0 Å². The fourth-order valence-electron chi connectivity index (χ4n) is 1.65. The normalized spacial score (nSPS) is 12.9. The molecule has 0 rings (SSSR count). The molecule has 17 heavy (non-hydrogen) atoms. The molecule has 0 aliphatic heterocycles. The molecule has 0 saturated heterocycles. The highest BCUT2D eigenvalue weighted by Crippen LogP contribution is 2.05. The summed E-state index contributed by atoms with van der Waals surface area (Å²) in [5, 5.41) is 0. The lowest BCUT2D eigenvalue weighted by molar-refractivity contribution is -0.00764. The van der Waals surface area contributed by atoms with Gasteiger partial charge in [-0.3, -0.25) is 0 Å². The Labute approximate surface area is 107 Å². The van der Waals surface area contributed by atoms with Crippen LogP contribution in [0.2, 0.25) is 0 Å². The van der Waals surface area contributed by atoms with Gasteiger partial charge in [0, 0.05) is 13.2 Å². The molecule has 0 bridgehead atoms. The Bertz CT molecular complexity index is 142. The highest BCUT2D eigenvalue weighted by atomic mass is 16.5. The highest BCUT2D eigenvalue weighted by Gasteiger charge is 2.01. The molecule has 0 aromatic carbocycles. The summed E-state index contributed by atoms with van der Waals surface area (Å²) < 4.78 is 11.1. The van der Waals surface area contributed by atoms with Gasteiger partial charge in [-0.2, -0.15) is 0 Å². The van der Waals surface area contributed by atoms with Crippen molar-refractivity contribution in [3.8, 4) is 0 Å². The fraction of sp³-hybridized carbons (Fsp3) is 1.00. The minimum Gasteiger partial charge on any atom is -0.379 e. The summed E-state index contributed by atoms with van der Waals surface area (Å²) in [5.41, 5.74) is 5.39. The van der Waals surface area contributed by atoms with E-state index in [1.807, 2.05) is 0 Å². The molecule has 1 unspecified atom stereocenters. The molecule has 0 amide bonds.